The Morgan fingerprint density at radius 1 is 0.776 bits per heavy atom. The second kappa shape index (κ2) is 14.8. The van der Waals surface area contributed by atoms with Crippen LogP contribution in [0.1, 0.15) is 66.7 Å². The number of likely N-dealkylation sites (tertiary alicyclic amines) is 2. The third kappa shape index (κ3) is 6.52. The molecule has 2 atom stereocenters. The van der Waals surface area contributed by atoms with Crippen LogP contribution in [-0.4, -0.2) is 115 Å². The topological polar surface area (TPSA) is 175 Å². The van der Waals surface area contributed by atoms with E-state index in [1.54, 1.807) is 6.07 Å². The van der Waals surface area contributed by atoms with E-state index in [0.717, 1.165) is 104 Å². The number of rotatable bonds is 8. The van der Waals surface area contributed by atoms with Crippen LogP contribution >= 0.6 is 0 Å². The van der Waals surface area contributed by atoms with Gasteiger partial charge in [-0.25, -0.2) is 14.6 Å². The first-order valence-corrected chi connectivity index (χ1v) is 20.3. The van der Waals surface area contributed by atoms with Gasteiger partial charge in [-0.2, -0.15) is 5.10 Å². The normalized spacial score (nSPS) is 22.7. The number of amides is 3. The predicted octanol–water partition coefficient (Wildman–Crippen LogP) is 4.11. The summed E-state index contributed by atoms with van der Waals surface area (Å²) in [5.74, 6) is 0.683. The second-order valence-electron chi connectivity index (χ2n) is 16.1. The molecule has 0 saturated carbocycles. The van der Waals surface area contributed by atoms with E-state index in [-0.39, 0.29) is 30.7 Å². The number of aliphatic hydroxyl groups excluding tert-OH is 1. The molecule has 2 aromatic heterocycles. The van der Waals surface area contributed by atoms with Crippen LogP contribution in [0.3, 0.4) is 0 Å². The summed E-state index contributed by atoms with van der Waals surface area (Å²) in [5, 5.41) is 19.2. The summed E-state index contributed by atoms with van der Waals surface area (Å²) in [4.78, 5) is 55.3. The number of nitrogens with one attached hydrogen (secondary N) is 1. The molecule has 4 N–H and O–H groups in total. The highest BCUT2D eigenvalue weighted by molar-refractivity contribution is 6.06. The summed E-state index contributed by atoms with van der Waals surface area (Å²) in [6.07, 6.45) is 4.88. The van der Waals surface area contributed by atoms with Crippen LogP contribution in [-0.2, 0) is 9.59 Å². The van der Waals surface area contributed by atoms with Crippen LogP contribution in [0.2, 0.25) is 0 Å². The molecule has 4 saturated heterocycles. The quantitative estimate of drug-likeness (QED) is 0.193. The summed E-state index contributed by atoms with van der Waals surface area (Å²) < 4.78 is 8.09. The molecule has 0 aliphatic carbocycles. The highest BCUT2D eigenvalue weighted by Gasteiger charge is 2.45. The van der Waals surface area contributed by atoms with E-state index in [9.17, 15) is 19.5 Å². The first-order valence-electron chi connectivity index (χ1n) is 20.3. The fourth-order valence-corrected chi connectivity index (χ4v) is 9.58. The molecule has 3 amide bonds. The maximum atomic E-state index is 13.4. The van der Waals surface area contributed by atoms with Crippen LogP contribution in [0.4, 0.5) is 11.5 Å². The first kappa shape index (κ1) is 36.4. The highest BCUT2D eigenvalue weighted by Crippen LogP contribution is 2.39. The largest absolute Gasteiger partial charge is 0.457 e. The number of piperidine rings is 3. The van der Waals surface area contributed by atoms with Crippen LogP contribution in [0, 0.1) is 0 Å². The summed E-state index contributed by atoms with van der Waals surface area (Å²) in [7, 11) is 0. The minimum Gasteiger partial charge on any atom is -0.457 e. The molecule has 0 radical (unpaired) electrons. The number of nitrogens with two attached hydrogens (primary N) is 1. The Balaban J connectivity index is 0.731. The molecule has 2 unspecified atom stereocenters. The number of carbonyl (C=O) groups is 3. The van der Waals surface area contributed by atoms with Gasteiger partial charge >= 0.3 is 0 Å². The first-order chi connectivity index (χ1) is 28.3. The van der Waals surface area contributed by atoms with E-state index < -0.39 is 18.2 Å². The van der Waals surface area contributed by atoms with E-state index in [0.29, 0.717) is 29.0 Å². The number of imide groups is 1. The Labute approximate surface area is 335 Å². The summed E-state index contributed by atoms with van der Waals surface area (Å²) in [5.41, 5.74) is 10.8. The zero-order valence-electron chi connectivity index (χ0n) is 32.1. The third-order valence-electron chi connectivity index (χ3n) is 12.8. The SMILES string of the molecule is Nc1ncnc2c1c(-c1ccc(Oc3ccccc3)cc1)nn2C1CCN(C2CCN(C3CN(c4ccc5c(c4)C(=O)N(C4CCC(=O)NC4=O)C5O)C3)CC2)CC1. The number of anilines is 2. The molecule has 5 aliphatic rings. The molecule has 0 bridgehead atoms. The molecule has 5 aromatic rings. The van der Waals surface area contributed by atoms with Crippen LogP contribution in [0.5, 0.6) is 11.5 Å². The van der Waals surface area contributed by atoms with Crippen LogP contribution < -0.4 is 20.7 Å². The van der Waals surface area contributed by atoms with Gasteiger partial charge in [0.05, 0.1) is 11.4 Å². The summed E-state index contributed by atoms with van der Waals surface area (Å²) in [6, 6.07) is 23.6. The van der Waals surface area contributed by atoms with Crippen molar-refractivity contribution in [3.8, 4) is 22.8 Å². The number of ether oxygens (including phenoxy) is 1. The van der Waals surface area contributed by atoms with Gasteiger partial charge in [0, 0.05) is 80.2 Å². The number of hydrogen-bond acceptors (Lipinski definition) is 12. The van der Waals surface area contributed by atoms with Crippen molar-refractivity contribution in [2.75, 3.05) is 49.9 Å². The Morgan fingerprint density at radius 3 is 2.19 bits per heavy atom. The number of fused-ring (bicyclic) bond motifs is 2. The number of aromatic nitrogens is 4. The fraction of sp³-hybridized carbons (Fsp3) is 0.395. The van der Waals surface area contributed by atoms with E-state index in [1.165, 1.54) is 11.2 Å². The van der Waals surface area contributed by atoms with Gasteiger partial charge < -0.3 is 25.4 Å². The zero-order valence-corrected chi connectivity index (χ0v) is 32.1. The van der Waals surface area contributed by atoms with Crippen LogP contribution in [0.25, 0.3) is 22.3 Å². The summed E-state index contributed by atoms with van der Waals surface area (Å²) in [6.45, 7) is 5.86. The second-order valence-corrected chi connectivity index (χ2v) is 16.1. The molecular weight excluding hydrogens is 737 g/mol. The van der Waals surface area contributed by atoms with Crippen molar-refractivity contribution in [2.45, 2.75) is 68.9 Å². The van der Waals surface area contributed by atoms with E-state index in [2.05, 4.69) is 34.7 Å². The van der Waals surface area contributed by atoms with Crippen molar-refractivity contribution in [1.82, 2.24) is 39.8 Å². The van der Waals surface area contributed by atoms with Gasteiger partial charge in [-0.15, -0.1) is 0 Å². The maximum absolute atomic E-state index is 13.4. The van der Waals surface area contributed by atoms with Crippen LogP contribution in [0.15, 0.2) is 79.1 Å². The van der Waals surface area contributed by atoms with E-state index in [1.807, 2.05) is 66.7 Å². The number of hydrogen-bond donors (Lipinski definition) is 3. The number of nitrogens with zero attached hydrogens (tertiary/aromatic N) is 8. The van der Waals surface area contributed by atoms with Gasteiger partial charge in [-0.05, 0) is 80.6 Å². The van der Waals surface area contributed by atoms with Crippen molar-refractivity contribution >= 4 is 40.3 Å². The van der Waals surface area contributed by atoms with Gasteiger partial charge in [0.15, 0.2) is 11.9 Å². The van der Waals surface area contributed by atoms with Crippen molar-refractivity contribution in [1.29, 1.82) is 0 Å². The average Bonchev–Trinajstić information content (AvgIpc) is 3.74. The number of carbonyl (C=O) groups excluding carboxylic acids is 3. The molecule has 58 heavy (non-hydrogen) atoms. The number of nitrogen functional groups attached to an aromatic ring is 1. The molecule has 15 nitrogen and oxygen atoms in total. The molecule has 7 heterocycles. The van der Waals surface area contributed by atoms with Gasteiger partial charge in [-0.1, -0.05) is 24.3 Å². The predicted molar refractivity (Wildman–Crippen MR) is 216 cm³/mol. The molecular formula is C43H46N10O5. The summed E-state index contributed by atoms with van der Waals surface area (Å²) >= 11 is 0. The maximum Gasteiger partial charge on any atom is 0.257 e. The van der Waals surface area contributed by atoms with Gasteiger partial charge in [-0.3, -0.25) is 29.5 Å². The molecule has 5 aliphatic heterocycles. The average molecular weight is 783 g/mol. The number of para-hydroxylation sites is 1. The van der Waals surface area contributed by atoms with Crippen molar-refractivity contribution < 1.29 is 24.2 Å². The van der Waals surface area contributed by atoms with Crippen molar-refractivity contribution in [3.63, 3.8) is 0 Å². The lowest BCUT2D eigenvalue weighted by atomic mass is 9.95. The third-order valence-corrected chi connectivity index (χ3v) is 12.8. The Morgan fingerprint density at radius 2 is 1.47 bits per heavy atom. The van der Waals surface area contributed by atoms with Crippen molar-refractivity contribution in [3.05, 3.63) is 90.3 Å². The monoisotopic (exact) mass is 782 g/mol. The Kier molecular flexibility index (Phi) is 9.30. The Hall–Kier alpha value is -5.90. The lowest BCUT2D eigenvalue weighted by Gasteiger charge is -2.50. The molecule has 10 rings (SSSR count). The lowest BCUT2D eigenvalue weighted by Crippen LogP contribution is -2.62. The van der Waals surface area contributed by atoms with Gasteiger partial charge in [0.1, 0.15) is 35.4 Å². The number of aliphatic hydroxyl groups is 1. The highest BCUT2D eigenvalue weighted by atomic mass is 16.5. The van der Waals surface area contributed by atoms with Crippen molar-refractivity contribution in [2.24, 2.45) is 0 Å². The minimum atomic E-state index is -1.21. The molecule has 298 valence electrons. The smallest absolute Gasteiger partial charge is 0.257 e. The van der Waals surface area contributed by atoms with Gasteiger partial charge in [0.25, 0.3) is 5.91 Å². The minimum absolute atomic E-state index is 0.139. The van der Waals surface area contributed by atoms with Gasteiger partial charge in [0.2, 0.25) is 11.8 Å². The molecule has 4 fully saturated rings. The molecule has 15 heteroatoms. The Bertz CT molecular complexity index is 2370. The standard InChI is InChI=1S/C43H46N10O5/c44-39-37-38(26-6-9-32(10-7-26)58-31-4-2-1-3-5-31)48-53(40(37)46-25-45-39)28-16-20-49(21-17-28)27-14-18-50(19-15-27)30-23-51(24-30)29-8-11-33-34(22-29)43(57)52(42(33)56)35-12-13-36(54)47-41(35)55/h1-11,22,25,27-28,30,35,42,56H,12-21,23-24H2,(H2,44,45,46)(H,47,54,55). The van der Waals surface area contributed by atoms with E-state index >= 15 is 0 Å². The lowest BCUT2D eigenvalue weighted by molar-refractivity contribution is -0.139. The zero-order chi connectivity index (χ0) is 39.5. The number of benzene rings is 3. The fourth-order valence-electron chi connectivity index (χ4n) is 9.58. The van der Waals surface area contributed by atoms with E-state index in [4.69, 9.17) is 15.6 Å². The molecule has 0 spiro atoms. The molecule has 3 aromatic carbocycles.